The van der Waals surface area contributed by atoms with Gasteiger partial charge >= 0.3 is 6.09 Å². The molecule has 3 fully saturated rings. The summed E-state index contributed by atoms with van der Waals surface area (Å²) >= 11 is 1.57. The second-order valence-corrected chi connectivity index (χ2v) is 19.3. The standard InChI is InChI=1S/C43H60FN9O6S/c1-27(29-9-11-30(12-10-29)35-28(2)47-26-60-35)48-38(56)33-21-31(54)24-53(33)39(57)36(41(3,4)5)49-37(55)32-22-46-34(23-45-32)51-19-17-50(18-20-51)25-43(44)13-15-52(16-14-43)40(58)59-42(6,7)8/h9-12,22-23,26-27,31,33,36,54H,13-21,24-25H2,1-8H3,(H,48,56)(H,49,55)/t27?,31-,33+,36?/m1/s1. The molecule has 0 aliphatic carbocycles. The Labute approximate surface area is 356 Å². The van der Waals surface area contributed by atoms with Gasteiger partial charge in [-0.2, -0.15) is 0 Å². The number of piperazine rings is 1. The molecule has 3 aliphatic rings. The van der Waals surface area contributed by atoms with Crippen LogP contribution in [0, 0.1) is 12.3 Å². The van der Waals surface area contributed by atoms with Crippen molar-refractivity contribution in [3.63, 3.8) is 0 Å². The first-order valence-electron chi connectivity index (χ1n) is 20.8. The van der Waals surface area contributed by atoms with Crippen LogP contribution >= 0.6 is 11.3 Å². The van der Waals surface area contributed by atoms with Crippen molar-refractivity contribution in [3.8, 4) is 10.4 Å². The average molecular weight is 850 g/mol. The van der Waals surface area contributed by atoms with Gasteiger partial charge in [-0.05, 0) is 51.2 Å². The van der Waals surface area contributed by atoms with Crippen LogP contribution in [0.15, 0.2) is 42.2 Å². The van der Waals surface area contributed by atoms with E-state index < -0.39 is 52.8 Å². The summed E-state index contributed by atoms with van der Waals surface area (Å²) < 4.78 is 21.3. The van der Waals surface area contributed by atoms with E-state index in [0.717, 1.165) is 21.7 Å². The molecule has 3 aliphatic heterocycles. The van der Waals surface area contributed by atoms with Crippen molar-refractivity contribution in [2.75, 3.05) is 57.3 Å². The molecule has 4 amide bonds. The van der Waals surface area contributed by atoms with Crippen molar-refractivity contribution in [1.29, 1.82) is 0 Å². The number of amides is 4. The lowest BCUT2D eigenvalue weighted by molar-refractivity contribution is -0.142. The van der Waals surface area contributed by atoms with Crippen molar-refractivity contribution in [2.24, 2.45) is 5.41 Å². The quantitative estimate of drug-likeness (QED) is 0.257. The second kappa shape index (κ2) is 18.1. The Morgan fingerprint density at radius 1 is 0.950 bits per heavy atom. The number of nitrogens with zero attached hydrogens (tertiary/aromatic N) is 7. The predicted octanol–water partition coefficient (Wildman–Crippen LogP) is 4.75. The van der Waals surface area contributed by atoms with Crippen LogP contribution in [0.3, 0.4) is 0 Å². The molecule has 0 bridgehead atoms. The van der Waals surface area contributed by atoms with Crippen LogP contribution in [0.5, 0.6) is 0 Å². The fourth-order valence-corrected chi connectivity index (χ4v) is 8.74. The van der Waals surface area contributed by atoms with Gasteiger partial charge in [-0.15, -0.1) is 11.3 Å². The number of hydrogen-bond donors (Lipinski definition) is 3. The van der Waals surface area contributed by atoms with Gasteiger partial charge in [0.05, 0.1) is 40.6 Å². The number of rotatable bonds is 10. The highest BCUT2D eigenvalue weighted by atomic mass is 32.1. The topological polar surface area (TPSA) is 173 Å². The molecule has 326 valence electrons. The van der Waals surface area contributed by atoms with E-state index in [1.807, 2.05) is 90.1 Å². The Hall–Kier alpha value is -4.74. The molecule has 0 radical (unpaired) electrons. The number of benzene rings is 1. The normalized spacial score (nSPS) is 21.0. The third kappa shape index (κ3) is 10.9. The molecule has 0 spiro atoms. The zero-order valence-corrected chi connectivity index (χ0v) is 36.9. The minimum Gasteiger partial charge on any atom is -0.444 e. The van der Waals surface area contributed by atoms with E-state index in [2.05, 4.69) is 30.5 Å². The van der Waals surface area contributed by atoms with Crippen LogP contribution in [0.25, 0.3) is 10.4 Å². The first-order chi connectivity index (χ1) is 28.2. The van der Waals surface area contributed by atoms with Crippen LogP contribution < -0.4 is 15.5 Å². The van der Waals surface area contributed by atoms with Gasteiger partial charge in [0.15, 0.2) is 0 Å². The summed E-state index contributed by atoms with van der Waals surface area (Å²) in [5, 5.41) is 16.5. The minimum absolute atomic E-state index is 0.0256. The summed E-state index contributed by atoms with van der Waals surface area (Å²) in [6.07, 6.45) is 2.16. The maximum atomic E-state index is 15.9. The Morgan fingerprint density at radius 3 is 2.18 bits per heavy atom. The lowest BCUT2D eigenvalue weighted by Crippen LogP contribution is -2.58. The molecular weight excluding hydrogens is 790 g/mol. The second-order valence-electron chi connectivity index (χ2n) is 18.4. The van der Waals surface area contributed by atoms with Crippen LogP contribution in [0.4, 0.5) is 15.0 Å². The lowest BCUT2D eigenvalue weighted by Gasteiger charge is -2.42. The number of thiazole rings is 1. The van der Waals surface area contributed by atoms with Gasteiger partial charge in [0.2, 0.25) is 11.8 Å². The molecule has 15 nitrogen and oxygen atoms in total. The Bertz CT molecular complexity index is 1980. The fraction of sp³-hybridized carbons (Fsp3) is 0.605. The van der Waals surface area contributed by atoms with Crippen molar-refractivity contribution in [3.05, 3.63) is 59.1 Å². The van der Waals surface area contributed by atoms with Gasteiger partial charge in [0.25, 0.3) is 5.91 Å². The van der Waals surface area contributed by atoms with Crippen molar-refractivity contribution >= 4 is 41.0 Å². The Morgan fingerprint density at radius 2 is 1.62 bits per heavy atom. The number of hydrogen-bond acceptors (Lipinski definition) is 12. The van der Waals surface area contributed by atoms with E-state index in [9.17, 15) is 24.3 Å². The number of carbonyl (C=O) groups is 4. The van der Waals surface area contributed by atoms with Crippen LogP contribution in [-0.2, 0) is 14.3 Å². The highest BCUT2D eigenvalue weighted by Gasteiger charge is 2.45. The number of β-amino-alcohol motifs (C(OH)–C–C–N with tert-alkyl or cyclic N) is 1. The molecule has 3 N–H and O–H groups in total. The van der Waals surface area contributed by atoms with E-state index in [4.69, 9.17) is 4.74 Å². The number of aliphatic hydroxyl groups is 1. The maximum Gasteiger partial charge on any atom is 0.410 e. The number of carbonyl (C=O) groups excluding carboxylic acids is 4. The van der Waals surface area contributed by atoms with E-state index in [1.165, 1.54) is 17.3 Å². The number of likely N-dealkylation sites (tertiary alicyclic amines) is 2. The van der Waals surface area contributed by atoms with Gasteiger partial charge in [-0.1, -0.05) is 45.0 Å². The largest absolute Gasteiger partial charge is 0.444 e. The summed E-state index contributed by atoms with van der Waals surface area (Å²) in [5.74, 6) is -0.879. The number of ether oxygens (including phenoxy) is 1. The van der Waals surface area contributed by atoms with Crippen LogP contribution in [0.2, 0.25) is 0 Å². The summed E-state index contributed by atoms with van der Waals surface area (Å²) in [5.41, 5.74) is 1.98. The zero-order valence-electron chi connectivity index (χ0n) is 36.0. The third-order valence-electron chi connectivity index (χ3n) is 11.4. The predicted molar refractivity (Wildman–Crippen MR) is 227 cm³/mol. The van der Waals surface area contributed by atoms with E-state index in [0.29, 0.717) is 45.1 Å². The number of aryl methyl sites for hydroxylation is 1. The summed E-state index contributed by atoms with van der Waals surface area (Å²) in [6, 6.07) is 5.57. The van der Waals surface area contributed by atoms with E-state index in [1.54, 1.807) is 16.2 Å². The molecule has 2 unspecified atom stereocenters. The highest BCUT2D eigenvalue weighted by molar-refractivity contribution is 7.13. The lowest BCUT2D eigenvalue weighted by atomic mass is 9.85. The van der Waals surface area contributed by atoms with Gasteiger partial charge in [0, 0.05) is 71.6 Å². The van der Waals surface area contributed by atoms with E-state index in [-0.39, 0.29) is 50.0 Å². The van der Waals surface area contributed by atoms with Crippen molar-refractivity contribution in [2.45, 2.75) is 110 Å². The molecule has 2 aromatic heterocycles. The molecule has 17 heteroatoms. The van der Waals surface area contributed by atoms with Crippen LogP contribution in [-0.4, -0.2) is 140 Å². The first kappa shape index (κ1) is 44.8. The number of piperidine rings is 1. The summed E-state index contributed by atoms with van der Waals surface area (Å²) in [4.78, 5) is 75.3. The van der Waals surface area contributed by atoms with Gasteiger partial charge in [-0.25, -0.2) is 24.1 Å². The third-order valence-corrected chi connectivity index (χ3v) is 12.4. The SMILES string of the molecule is Cc1ncsc1-c1ccc(C(C)NC(=O)[C@@H]2C[C@@H](O)CN2C(=O)C(NC(=O)c2cnc(N3CCN(CC4(F)CCN(C(=O)OC(C)(C)C)CC4)CC3)cn2)C(C)(C)C)cc1. The molecule has 5 heterocycles. The fourth-order valence-electron chi connectivity index (χ4n) is 7.93. The smallest absolute Gasteiger partial charge is 0.410 e. The molecule has 3 aromatic rings. The maximum absolute atomic E-state index is 15.9. The Kier molecular flexibility index (Phi) is 13.5. The highest BCUT2D eigenvalue weighted by Crippen LogP contribution is 2.31. The van der Waals surface area contributed by atoms with E-state index >= 15 is 4.39 Å². The molecular formula is C43H60FN9O6S. The van der Waals surface area contributed by atoms with Crippen molar-refractivity contribution < 1.29 is 33.4 Å². The van der Waals surface area contributed by atoms with Gasteiger partial charge in [-0.3, -0.25) is 19.3 Å². The molecule has 3 saturated heterocycles. The van der Waals surface area contributed by atoms with Crippen LogP contribution in [0.1, 0.15) is 95.5 Å². The molecule has 6 rings (SSSR count). The minimum atomic E-state index is -1.39. The number of aliphatic hydroxyl groups excluding tert-OH is 1. The Balaban J connectivity index is 1.01. The number of aromatic nitrogens is 3. The monoisotopic (exact) mass is 849 g/mol. The number of nitrogens with one attached hydrogen (secondary N) is 2. The van der Waals surface area contributed by atoms with Gasteiger partial charge < -0.3 is 35.2 Å². The van der Waals surface area contributed by atoms with Crippen molar-refractivity contribution in [1.82, 2.24) is 40.3 Å². The average Bonchev–Trinajstić information content (AvgIpc) is 3.81. The summed E-state index contributed by atoms with van der Waals surface area (Å²) in [7, 11) is 0. The van der Waals surface area contributed by atoms with Gasteiger partial charge in [0.1, 0.15) is 34.9 Å². The molecule has 1 aromatic carbocycles. The number of halogens is 1. The molecule has 60 heavy (non-hydrogen) atoms. The number of anilines is 1. The molecule has 4 atom stereocenters. The number of alkyl halides is 1. The first-order valence-corrected chi connectivity index (χ1v) is 21.6. The molecule has 0 saturated carbocycles. The summed E-state index contributed by atoms with van der Waals surface area (Å²) in [6.45, 7) is 18.0. The zero-order chi connectivity index (χ0) is 43.6.